The zero-order valence-corrected chi connectivity index (χ0v) is 15.9. The van der Waals surface area contributed by atoms with E-state index in [1.165, 1.54) is 0 Å². The molecule has 26 heavy (non-hydrogen) atoms. The fourth-order valence-corrected chi connectivity index (χ4v) is 3.48. The number of nitrogens with one attached hydrogen (secondary N) is 1. The van der Waals surface area contributed by atoms with Crippen LogP contribution >= 0.6 is 11.8 Å². The van der Waals surface area contributed by atoms with Crippen LogP contribution in [0.15, 0.2) is 41.0 Å². The van der Waals surface area contributed by atoms with Crippen molar-refractivity contribution >= 4 is 17.7 Å². The number of carbonyl (C=O) groups is 1. The van der Waals surface area contributed by atoms with Crippen LogP contribution in [0.5, 0.6) is 11.5 Å². The lowest BCUT2D eigenvalue weighted by Gasteiger charge is -2.09. The number of amides is 1. The molecule has 1 aliphatic rings. The monoisotopic (exact) mass is 376 g/mol. The van der Waals surface area contributed by atoms with Crippen molar-refractivity contribution in [3.63, 3.8) is 0 Å². The lowest BCUT2D eigenvalue weighted by atomic mass is 10.2. The highest BCUT2D eigenvalue weighted by Crippen LogP contribution is 2.27. The second kappa shape index (κ2) is 9.00. The summed E-state index contributed by atoms with van der Waals surface area (Å²) >= 11 is 1.75. The second-order valence-electron chi connectivity index (χ2n) is 6.09. The topological polar surface area (TPSA) is 63.7 Å². The van der Waals surface area contributed by atoms with Crippen molar-refractivity contribution in [3.8, 4) is 11.5 Å². The van der Waals surface area contributed by atoms with E-state index in [1.807, 2.05) is 30.3 Å². The van der Waals surface area contributed by atoms with Crippen molar-refractivity contribution in [2.45, 2.75) is 18.3 Å². The SMILES string of the molecule is COc1cc(CN2CC2C(=O)NCCSCc2ccco2)cc(OC)c1. The molecule has 1 aromatic carbocycles. The van der Waals surface area contributed by atoms with Crippen LogP contribution in [-0.2, 0) is 17.1 Å². The van der Waals surface area contributed by atoms with E-state index in [4.69, 9.17) is 13.9 Å². The molecule has 1 saturated heterocycles. The summed E-state index contributed by atoms with van der Waals surface area (Å²) in [4.78, 5) is 14.3. The molecule has 3 rings (SSSR count). The van der Waals surface area contributed by atoms with Crippen molar-refractivity contribution in [1.82, 2.24) is 10.2 Å². The normalized spacial score (nSPS) is 18.4. The predicted molar refractivity (Wildman–Crippen MR) is 102 cm³/mol. The van der Waals surface area contributed by atoms with Crippen LogP contribution < -0.4 is 14.8 Å². The Labute approximate surface area is 157 Å². The van der Waals surface area contributed by atoms with Crippen LogP contribution in [0.4, 0.5) is 0 Å². The summed E-state index contributed by atoms with van der Waals surface area (Å²) in [6.45, 7) is 2.16. The van der Waals surface area contributed by atoms with E-state index in [0.29, 0.717) is 13.1 Å². The van der Waals surface area contributed by atoms with Gasteiger partial charge < -0.3 is 19.2 Å². The van der Waals surface area contributed by atoms with Gasteiger partial charge in [0.15, 0.2) is 0 Å². The first kappa shape index (κ1) is 18.7. The third kappa shape index (κ3) is 5.19. The van der Waals surface area contributed by atoms with Crippen LogP contribution in [0.1, 0.15) is 11.3 Å². The van der Waals surface area contributed by atoms with Gasteiger partial charge in [0.05, 0.1) is 26.2 Å². The maximum absolute atomic E-state index is 12.2. The molecular weight excluding hydrogens is 352 g/mol. The molecule has 0 radical (unpaired) electrons. The van der Waals surface area contributed by atoms with Crippen LogP contribution in [0.2, 0.25) is 0 Å². The van der Waals surface area contributed by atoms with Crippen molar-refractivity contribution < 1.29 is 18.7 Å². The number of hydrogen-bond donors (Lipinski definition) is 1. The number of furan rings is 1. The second-order valence-corrected chi connectivity index (χ2v) is 7.19. The predicted octanol–water partition coefficient (Wildman–Crippen LogP) is 2.53. The Morgan fingerprint density at radius 3 is 2.73 bits per heavy atom. The molecule has 7 heteroatoms. The van der Waals surface area contributed by atoms with Gasteiger partial charge in [-0.3, -0.25) is 9.69 Å². The van der Waals surface area contributed by atoms with Crippen molar-refractivity contribution in [2.75, 3.05) is 33.1 Å². The molecule has 0 saturated carbocycles. The van der Waals surface area contributed by atoms with Gasteiger partial charge in [-0.05, 0) is 29.8 Å². The minimum Gasteiger partial charge on any atom is -0.497 e. The highest BCUT2D eigenvalue weighted by molar-refractivity contribution is 7.98. The smallest absolute Gasteiger partial charge is 0.238 e. The first-order valence-corrected chi connectivity index (χ1v) is 9.69. The lowest BCUT2D eigenvalue weighted by molar-refractivity contribution is -0.121. The van der Waals surface area contributed by atoms with E-state index >= 15 is 0 Å². The molecule has 6 nitrogen and oxygen atoms in total. The summed E-state index contributed by atoms with van der Waals surface area (Å²) in [6.07, 6.45) is 1.68. The van der Waals surface area contributed by atoms with Gasteiger partial charge in [-0.2, -0.15) is 11.8 Å². The molecule has 140 valence electrons. The van der Waals surface area contributed by atoms with Crippen LogP contribution in [0.3, 0.4) is 0 Å². The van der Waals surface area contributed by atoms with Crippen LogP contribution in [0.25, 0.3) is 0 Å². The third-order valence-corrected chi connectivity index (χ3v) is 5.17. The fourth-order valence-electron chi connectivity index (χ4n) is 2.72. The summed E-state index contributed by atoms with van der Waals surface area (Å²) in [6, 6.07) is 9.60. The maximum atomic E-state index is 12.2. The standard InChI is InChI=1S/C19H24N2O4S/c1-23-16-8-14(9-17(10-16)24-2)11-21-12-18(21)19(22)20-5-7-26-13-15-4-3-6-25-15/h3-4,6,8-10,18H,5,7,11-13H2,1-2H3,(H,20,22). The van der Waals surface area contributed by atoms with Crippen LogP contribution in [-0.4, -0.2) is 49.9 Å². The number of hydrogen-bond acceptors (Lipinski definition) is 6. The fraction of sp³-hybridized carbons (Fsp3) is 0.421. The molecule has 2 aromatic rings. The van der Waals surface area contributed by atoms with Gasteiger partial charge in [-0.15, -0.1) is 0 Å². The molecular formula is C19H24N2O4S. The Morgan fingerprint density at radius 2 is 2.08 bits per heavy atom. The zero-order chi connectivity index (χ0) is 18.4. The average Bonchev–Trinajstić information content (AvgIpc) is 3.22. The highest BCUT2D eigenvalue weighted by Gasteiger charge is 2.39. The molecule has 2 unspecified atom stereocenters. The summed E-state index contributed by atoms with van der Waals surface area (Å²) in [7, 11) is 3.27. The van der Waals surface area contributed by atoms with E-state index in [0.717, 1.165) is 40.9 Å². The molecule has 0 aliphatic carbocycles. The minimum atomic E-state index is -0.0396. The largest absolute Gasteiger partial charge is 0.497 e. The minimum absolute atomic E-state index is 0.0396. The molecule has 1 fully saturated rings. The summed E-state index contributed by atoms with van der Waals surface area (Å²) < 4.78 is 15.9. The van der Waals surface area contributed by atoms with E-state index in [9.17, 15) is 4.79 Å². The van der Waals surface area contributed by atoms with Crippen molar-refractivity contribution in [3.05, 3.63) is 47.9 Å². The van der Waals surface area contributed by atoms with E-state index in [2.05, 4.69) is 10.2 Å². The van der Waals surface area contributed by atoms with Gasteiger partial charge in [-0.1, -0.05) is 0 Å². The van der Waals surface area contributed by atoms with Crippen LogP contribution in [0, 0.1) is 0 Å². The number of methoxy groups -OCH3 is 2. The van der Waals surface area contributed by atoms with Gasteiger partial charge in [0.25, 0.3) is 0 Å². The Hall–Kier alpha value is -2.12. The van der Waals surface area contributed by atoms with Gasteiger partial charge in [0.2, 0.25) is 5.91 Å². The van der Waals surface area contributed by atoms with Gasteiger partial charge >= 0.3 is 0 Å². The molecule has 1 aromatic heterocycles. The Bertz CT molecular complexity index is 698. The molecule has 0 bridgehead atoms. The Balaban J connectivity index is 1.37. The molecule has 1 aliphatic heterocycles. The quantitative estimate of drug-likeness (QED) is 0.508. The number of benzene rings is 1. The molecule has 1 amide bonds. The number of thioether (sulfide) groups is 1. The van der Waals surface area contributed by atoms with Gasteiger partial charge in [-0.25, -0.2) is 0 Å². The first-order valence-electron chi connectivity index (χ1n) is 8.53. The van der Waals surface area contributed by atoms with Crippen molar-refractivity contribution in [1.29, 1.82) is 0 Å². The number of ether oxygens (including phenoxy) is 2. The number of nitrogens with zero attached hydrogens (tertiary/aromatic N) is 1. The number of rotatable bonds is 10. The zero-order valence-electron chi connectivity index (χ0n) is 15.1. The summed E-state index contributed by atoms with van der Waals surface area (Å²) in [5, 5.41) is 3.00. The number of carbonyl (C=O) groups excluding carboxylic acids is 1. The van der Waals surface area contributed by atoms with Crippen molar-refractivity contribution in [2.24, 2.45) is 0 Å². The van der Waals surface area contributed by atoms with Gasteiger partial charge in [0, 0.05) is 31.5 Å². The maximum Gasteiger partial charge on any atom is 0.238 e. The van der Waals surface area contributed by atoms with E-state index < -0.39 is 0 Å². The highest BCUT2D eigenvalue weighted by atomic mass is 32.2. The van der Waals surface area contributed by atoms with E-state index in [1.54, 1.807) is 32.2 Å². The lowest BCUT2D eigenvalue weighted by Crippen LogP contribution is -2.31. The Kier molecular flexibility index (Phi) is 6.46. The molecule has 0 spiro atoms. The third-order valence-electron chi connectivity index (χ3n) is 4.18. The Morgan fingerprint density at radius 1 is 1.31 bits per heavy atom. The average molecular weight is 376 g/mol. The van der Waals surface area contributed by atoms with Gasteiger partial charge in [0.1, 0.15) is 23.3 Å². The summed E-state index contributed by atoms with van der Waals surface area (Å²) in [5.41, 5.74) is 1.07. The van der Waals surface area contributed by atoms with E-state index in [-0.39, 0.29) is 11.9 Å². The molecule has 2 atom stereocenters. The summed E-state index contributed by atoms with van der Waals surface area (Å²) in [5.74, 6) is 4.27. The molecule has 1 N–H and O–H groups in total. The molecule has 2 heterocycles. The first-order chi connectivity index (χ1) is 12.7.